The minimum Gasteiger partial charge on any atom is -0.360 e. The molecule has 12 heteroatoms. The first-order valence-corrected chi connectivity index (χ1v) is 24.3. The van der Waals surface area contributed by atoms with Crippen LogP contribution in [0.2, 0.25) is 24.2 Å². The molecular weight excluding hydrogens is 685 g/mol. The van der Waals surface area contributed by atoms with Crippen LogP contribution in [0, 0.1) is 5.41 Å². The highest BCUT2D eigenvalue weighted by Crippen LogP contribution is 2.42. The highest BCUT2D eigenvalue weighted by atomic mass is 28.2. The fraction of sp³-hybridized carbons (Fsp3) is 1.00. The second-order valence-electron chi connectivity index (χ2n) is 13.2. The molecule has 0 amide bonds. The molecule has 0 spiro atoms. The van der Waals surface area contributed by atoms with Crippen LogP contribution in [0.3, 0.4) is 0 Å². The van der Waals surface area contributed by atoms with Gasteiger partial charge in [0.25, 0.3) is 0 Å². The van der Waals surface area contributed by atoms with Crippen LogP contribution in [0.1, 0.15) is 128 Å². The van der Waals surface area contributed by atoms with Gasteiger partial charge in [0.05, 0.1) is 0 Å². The lowest BCUT2D eigenvalue weighted by atomic mass is 9.70. The van der Waals surface area contributed by atoms with Crippen molar-refractivity contribution >= 4 is 38.1 Å². The van der Waals surface area contributed by atoms with Gasteiger partial charge in [0.1, 0.15) is 61.7 Å². The maximum Gasteiger partial charge on any atom is 0.136 e. The fourth-order valence-corrected chi connectivity index (χ4v) is 10.7. The van der Waals surface area contributed by atoms with Crippen molar-refractivity contribution in [3.8, 4) is 0 Å². The third-order valence-electron chi connectivity index (χ3n) is 9.49. The zero-order valence-corrected chi connectivity index (χ0v) is 37.0. The molecule has 0 bridgehead atoms. The molecule has 0 aromatic rings. The van der Waals surface area contributed by atoms with Gasteiger partial charge in [-0.1, -0.05) is 127 Å². The molecule has 0 aromatic carbocycles. The number of methoxy groups -OCH3 is 8. The van der Waals surface area contributed by atoms with Crippen molar-refractivity contribution in [1.29, 1.82) is 0 Å². The maximum atomic E-state index is 5.40. The Kier molecular flexibility index (Phi) is 37.3. The van der Waals surface area contributed by atoms with Crippen molar-refractivity contribution in [3.63, 3.8) is 0 Å². The predicted octanol–water partition coefficient (Wildman–Crippen LogP) is 8.57. The van der Waals surface area contributed by atoms with E-state index in [4.69, 9.17) is 37.9 Å². The van der Waals surface area contributed by atoms with Crippen LogP contribution in [0.4, 0.5) is 0 Å². The Balaban J connectivity index is 5.13. The largest absolute Gasteiger partial charge is 0.360 e. The van der Waals surface area contributed by atoms with Crippen LogP contribution >= 0.6 is 0 Å². The van der Waals surface area contributed by atoms with Crippen LogP contribution in [0.5, 0.6) is 0 Å². The average Bonchev–Trinajstić information content (AvgIpc) is 3.13. The Morgan fingerprint density at radius 3 is 0.653 bits per heavy atom. The standard InChI is InChI=1S/C37H76O8Si4/c1-38-33(39-2)46-29-21-13-9-17-25-37(26-18-10-14-22-30-47-34(40-3)41-4,27-19-11-15-23-31-48-35(42-5)43-6)28-20-12-16-24-32-49-36(44-7)45-8/h33-36H,9-32H2,1-8H3. The molecule has 0 aliphatic rings. The summed E-state index contributed by atoms with van der Waals surface area (Å²) in [6.07, 6.45) is 26.9. The van der Waals surface area contributed by atoms with E-state index in [0.29, 0.717) is 5.41 Å². The number of ether oxygens (including phenoxy) is 8. The van der Waals surface area contributed by atoms with Gasteiger partial charge in [-0.2, -0.15) is 0 Å². The molecule has 8 nitrogen and oxygen atoms in total. The van der Waals surface area contributed by atoms with Crippen LogP contribution in [-0.4, -0.2) is 119 Å². The van der Waals surface area contributed by atoms with Gasteiger partial charge in [0, 0.05) is 56.9 Å². The molecule has 49 heavy (non-hydrogen) atoms. The fourth-order valence-electron chi connectivity index (χ4n) is 6.60. The second kappa shape index (κ2) is 36.9. The number of unbranched alkanes of at least 4 members (excludes halogenated alkanes) is 12. The summed E-state index contributed by atoms with van der Waals surface area (Å²) in [6, 6.07) is 4.83. The summed E-state index contributed by atoms with van der Waals surface area (Å²) in [5.74, 6) is -0.118. The van der Waals surface area contributed by atoms with Gasteiger partial charge in [-0.15, -0.1) is 0 Å². The zero-order chi connectivity index (χ0) is 36.3. The second-order valence-corrected chi connectivity index (χ2v) is 18.7. The molecule has 0 fully saturated rings. The van der Waals surface area contributed by atoms with E-state index in [1.54, 1.807) is 56.9 Å². The van der Waals surface area contributed by atoms with Gasteiger partial charge in [-0.05, 0) is 31.1 Å². The maximum absolute atomic E-state index is 5.40. The van der Waals surface area contributed by atoms with E-state index in [2.05, 4.69) is 0 Å². The Bertz CT molecular complexity index is 544. The third kappa shape index (κ3) is 28.7. The smallest absolute Gasteiger partial charge is 0.136 e. The molecule has 0 atom stereocenters. The van der Waals surface area contributed by atoms with E-state index in [-0.39, 0.29) is 23.7 Å². The van der Waals surface area contributed by atoms with E-state index in [1.165, 1.54) is 153 Å². The predicted molar refractivity (Wildman–Crippen MR) is 208 cm³/mol. The summed E-state index contributed by atoms with van der Waals surface area (Å²) in [4.78, 5) is 0. The molecule has 0 saturated heterocycles. The van der Waals surface area contributed by atoms with Gasteiger partial charge >= 0.3 is 0 Å². The van der Waals surface area contributed by atoms with Crippen molar-refractivity contribution in [2.45, 2.75) is 176 Å². The van der Waals surface area contributed by atoms with Crippen molar-refractivity contribution < 1.29 is 37.9 Å². The molecule has 0 rings (SSSR count). The molecule has 0 aliphatic heterocycles. The van der Waals surface area contributed by atoms with Crippen molar-refractivity contribution in [2.24, 2.45) is 5.41 Å². The van der Waals surface area contributed by atoms with Crippen molar-refractivity contribution in [3.05, 3.63) is 0 Å². The van der Waals surface area contributed by atoms with Crippen molar-refractivity contribution in [1.82, 2.24) is 0 Å². The number of rotatable bonds is 40. The average molecular weight is 761 g/mol. The SMILES string of the molecule is COC(OC)[Si]CCCCCCC(CCCCCC[Si]C(OC)OC)(CCCCCC[Si]C(OC)OC)CCCCCC[Si]C(OC)OC. The summed E-state index contributed by atoms with van der Waals surface area (Å²) < 4.78 is 43.2. The molecule has 0 N–H and O–H groups in total. The van der Waals surface area contributed by atoms with Crippen LogP contribution in [0.15, 0.2) is 0 Å². The summed E-state index contributed by atoms with van der Waals surface area (Å²) in [6.45, 7) is 0. The van der Waals surface area contributed by atoms with Crippen LogP contribution in [-0.2, 0) is 37.9 Å². The monoisotopic (exact) mass is 760 g/mol. The number of hydrogen-bond acceptors (Lipinski definition) is 8. The molecule has 0 aliphatic carbocycles. The highest BCUT2D eigenvalue weighted by Gasteiger charge is 2.28. The lowest BCUT2D eigenvalue weighted by Crippen LogP contribution is -2.22. The van der Waals surface area contributed by atoms with Gasteiger partial charge in [-0.3, -0.25) is 0 Å². The Labute approximate surface area is 313 Å². The van der Waals surface area contributed by atoms with Gasteiger partial charge < -0.3 is 37.9 Å². The molecule has 8 radical (unpaired) electrons. The Morgan fingerprint density at radius 1 is 0.286 bits per heavy atom. The Hall–Kier alpha value is 0.548. The molecular formula is C37H76O8Si4. The highest BCUT2D eigenvalue weighted by molar-refractivity contribution is 6.37. The van der Waals surface area contributed by atoms with E-state index in [1.807, 2.05) is 0 Å². The van der Waals surface area contributed by atoms with E-state index >= 15 is 0 Å². The zero-order valence-electron chi connectivity index (χ0n) is 33.0. The van der Waals surface area contributed by atoms with Gasteiger partial charge in [0.2, 0.25) is 0 Å². The molecule has 0 aromatic heterocycles. The summed E-state index contributed by atoms with van der Waals surface area (Å²) in [5.41, 5.74) is 0.496. The minimum atomic E-state index is -0.0294. The summed E-state index contributed by atoms with van der Waals surface area (Å²) in [5, 5.41) is 0. The first-order chi connectivity index (χ1) is 24.0. The number of hydrogen-bond donors (Lipinski definition) is 0. The quantitative estimate of drug-likeness (QED) is 0.0350. The van der Waals surface area contributed by atoms with E-state index < -0.39 is 0 Å². The summed E-state index contributed by atoms with van der Waals surface area (Å²) in [7, 11) is 16.9. The molecule has 288 valence electrons. The molecule has 0 saturated carbocycles. The topological polar surface area (TPSA) is 73.8 Å². The van der Waals surface area contributed by atoms with Gasteiger partial charge in [0.15, 0.2) is 0 Å². The normalized spacial score (nSPS) is 12.5. The third-order valence-corrected chi connectivity index (χ3v) is 15.3. The summed E-state index contributed by atoms with van der Waals surface area (Å²) >= 11 is 0. The first kappa shape index (κ1) is 49.5. The van der Waals surface area contributed by atoms with Crippen molar-refractivity contribution in [2.75, 3.05) is 56.9 Å². The van der Waals surface area contributed by atoms with E-state index in [0.717, 1.165) is 38.1 Å². The molecule has 0 heterocycles. The van der Waals surface area contributed by atoms with Crippen LogP contribution in [0.25, 0.3) is 0 Å². The lowest BCUT2D eigenvalue weighted by molar-refractivity contribution is -0.0442. The molecule has 0 unspecified atom stereocenters. The van der Waals surface area contributed by atoms with Gasteiger partial charge in [-0.25, -0.2) is 0 Å². The minimum absolute atomic E-state index is 0.0294. The first-order valence-electron chi connectivity index (χ1n) is 19.1. The van der Waals surface area contributed by atoms with Crippen LogP contribution < -0.4 is 0 Å². The lowest BCUT2D eigenvalue weighted by Gasteiger charge is -2.35. The van der Waals surface area contributed by atoms with E-state index in [9.17, 15) is 0 Å². The Morgan fingerprint density at radius 2 is 0.469 bits per heavy atom.